The Morgan fingerprint density at radius 1 is 1.40 bits per heavy atom. The van der Waals surface area contributed by atoms with Crippen LogP contribution in [0.4, 0.5) is 0 Å². The molecule has 0 bridgehead atoms. The van der Waals surface area contributed by atoms with Gasteiger partial charge in [0.05, 0.1) is 12.0 Å². The molecule has 1 fully saturated rings. The fraction of sp³-hybridized carbons (Fsp3) is 1.00. The van der Waals surface area contributed by atoms with E-state index in [4.69, 9.17) is 39.3 Å². The van der Waals surface area contributed by atoms with Crippen molar-refractivity contribution in [3.8, 4) is 0 Å². The number of hydrogen-bond donors (Lipinski definition) is 1. The van der Waals surface area contributed by atoms with Crippen LogP contribution in [0.2, 0.25) is 0 Å². The SMILES string of the molecule is O=P1(N(CCCl)CCCl)NC[C@H](Cl)CO1. The quantitative estimate of drug-likeness (QED) is 0.623. The second-order valence-corrected chi connectivity index (χ2v) is 6.66. The third-order valence-corrected chi connectivity index (χ3v) is 4.84. The van der Waals surface area contributed by atoms with Gasteiger partial charge in [-0.15, -0.1) is 34.8 Å². The van der Waals surface area contributed by atoms with Crippen molar-refractivity contribution in [2.45, 2.75) is 5.38 Å². The largest absolute Gasteiger partial charge is 0.343 e. The Morgan fingerprint density at radius 2 is 2.00 bits per heavy atom. The fourth-order valence-electron chi connectivity index (χ4n) is 1.25. The van der Waals surface area contributed by atoms with Crippen LogP contribution < -0.4 is 5.09 Å². The van der Waals surface area contributed by atoms with Crippen LogP contribution in [0.3, 0.4) is 0 Å². The van der Waals surface area contributed by atoms with Crippen LogP contribution >= 0.6 is 42.5 Å². The van der Waals surface area contributed by atoms with E-state index in [2.05, 4.69) is 5.09 Å². The molecule has 0 aromatic rings. The molecule has 1 unspecified atom stereocenters. The van der Waals surface area contributed by atoms with Crippen LogP contribution in [0.25, 0.3) is 0 Å². The predicted molar refractivity (Wildman–Crippen MR) is 64.2 cm³/mol. The summed E-state index contributed by atoms with van der Waals surface area (Å²) in [4.78, 5) is 0. The van der Waals surface area contributed by atoms with Gasteiger partial charge in [0, 0.05) is 31.4 Å². The molecule has 8 heteroatoms. The summed E-state index contributed by atoms with van der Waals surface area (Å²) in [6.07, 6.45) is 0. The van der Waals surface area contributed by atoms with Gasteiger partial charge in [0.25, 0.3) is 0 Å². The van der Waals surface area contributed by atoms with Crippen LogP contribution in [-0.2, 0) is 9.09 Å². The second-order valence-electron chi connectivity index (χ2n) is 3.11. The lowest BCUT2D eigenvalue weighted by Crippen LogP contribution is -2.40. The van der Waals surface area contributed by atoms with Gasteiger partial charge in [0.2, 0.25) is 0 Å². The number of rotatable bonds is 5. The van der Waals surface area contributed by atoms with Gasteiger partial charge in [-0.25, -0.2) is 9.76 Å². The minimum absolute atomic E-state index is 0.138. The maximum atomic E-state index is 12.3. The standard InChI is InChI=1S/C7H14Cl3N2O2P/c8-1-3-12(4-2-9)15(13)11-5-7(10)6-14-15/h7H,1-6H2,(H,11,13)/t7-,15?/m0/s1. The average molecular weight is 296 g/mol. The summed E-state index contributed by atoms with van der Waals surface area (Å²) in [5.74, 6) is 0.770. The van der Waals surface area contributed by atoms with E-state index >= 15 is 0 Å². The first kappa shape index (κ1) is 14.0. The number of nitrogens with zero attached hydrogens (tertiary/aromatic N) is 1. The normalized spacial score (nSPS) is 32.1. The van der Waals surface area contributed by atoms with Gasteiger partial charge in [-0.3, -0.25) is 4.57 Å². The summed E-state index contributed by atoms with van der Waals surface area (Å²) in [7, 11) is -2.96. The topological polar surface area (TPSA) is 41.6 Å². The van der Waals surface area contributed by atoms with Crippen molar-refractivity contribution in [1.82, 2.24) is 9.76 Å². The Kier molecular flexibility index (Phi) is 6.23. The van der Waals surface area contributed by atoms with Crippen molar-refractivity contribution in [2.75, 3.05) is 38.0 Å². The summed E-state index contributed by atoms with van der Waals surface area (Å²) < 4.78 is 19.2. The average Bonchev–Trinajstić information content (AvgIpc) is 2.23. The first-order chi connectivity index (χ1) is 7.12. The molecule has 4 nitrogen and oxygen atoms in total. The fourth-order valence-corrected chi connectivity index (χ4v) is 4.25. The van der Waals surface area contributed by atoms with Crippen molar-refractivity contribution in [1.29, 1.82) is 0 Å². The molecule has 0 aromatic heterocycles. The van der Waals surface area contributed by atoms with E-state index in [1.165, 1.54) is 0 Å². The van der Waals surface area contributed by atoms with Gasteiger partial charge < -0.3 is 4.52 Å². The number of hydrogen-bond acceptors (Lipinski definition) is 2. The predicted octanol–water partition coefficient (Wildman–Crippen LogP) is 2.10. The van der Waals surface area contributed by atoms with Gasteiger partial charge in [0.15, 0.2) is 0 Å². The first-order valence-corrected chi connectivity index (χ1v) is 7.72. The minimum atomic E-state index is -2.96. The Morgan fingerprint density at radius 3 is 2.40 bits per heavy atom. The van der Waals surface area contributed by atoms with Crippen LogP contribution in [-0.4, -0.2) is 48.0 Å². The van der Waals surface area contributed by atoms with Crippen LogP contribution in [0.5, 0.6) is 0 Å². The van der Waals surface area contributed by atoms with E-state index in [1.54, 1.807) is 4.67 Å². The maximum absolute atomic E-state index is 12.3. The molecule has 0 aromatic carbocycles. The van der Waals surface area contributed by atoms with E-state index in [9.17, 15) is 4.57 Å². The molecular formula is C7H14Cl3N2O2P. The van der Waals surface area contributed by atoms with Gasteiger partial charge in [0.1, 0.15) is 0 Å². The number of nitrogens with one attached hydrogen (secondary N) is 1. The third kappa shape index (κ3) is 4.04. The monoisotopic (exact) mass is 294 g/mol. The highest BCUT2D eigenvalue weighted by Gasteiger charge is 2.35. The van der Waals surface area contributed by atoms with Gasteiger partial charge in [-0.05, 0) is 0 Å². The molecular weight excluding hydrogens is 281 g/mol. The highest BCUT2D eigenvalue weighted by Crippen LogP contribution is 2.48. The molecule has 90 valence electrons. The molecule has 1 heterocycles. The van der Waals surface area contributed by atoms with Crippen molar-refractivity contribution >= 4 is 42.5 Å². The number of alkyl halides is 3. The molecule has 1 N–H and O–H groups in total. The molecule has 1 aliphatic rings. The lowest BCUT2D eigenvalue weighted by atomic mass is 10.5. The summed E-state index contributed by atoms with van der Waals surface area (Å²) in [6.45, 7) is 1.71. The minimum Gasteiger partial charge on any atom is -0.304 e. The molecule has 1 rings (SSSR count). The molecule has 0 aliphatic carbocycles. The first-order valence-electron chi connectivity index (χ1n) is 4.63. The molecule has 2 atom stereocenters. The second kappa shape index (κ2) is 6.65. The van der Waals surface area contributed by atoms with Crippen LogP contribution in [0.15, 0.2) is 0 Å². The Labute approximate surface area is 105 Å². The lowest BCUT2D eigenvalue weighted by Gasteiger charge is -2.34. The van der Waals surface area contributed by atoms with Gasteiger partial charge in [-0.1, -0.05) is 0 Å². The lowest BCUT2D eigenvalue weighted by molar-refractivity contribution is 0.235. The summed E-state index contributed by atoms with van der Waals surface area (Å²) in [6, 6.07) is 0. The van der Waals surface area contributed by atoms with E-state index in [1.807, 2.05) is 0 Å². The van der Waals surface area contributed by atoms with Crippen molar-refractivity contribution in [3.05, 3.63) is 0 Å². The molecule has 0 amide bonds. The summed E-state index contributed by atoms with van der Waals surface area (Å²) >= 11 is 17.1. The highest BCUT2D eigenvalue weighted by molar-refractivity contribution is 7.54. The van der Waals surface area contributed by atoms with Crippen LogP contribution in [0.1, 0.15) is 0 Å². The zero-order valence-corrected chi connectivity index (χ0v) is 11.3. The Bertz CT molecular complexity index is 226. The molecule has 1 saturated heterocycles. The van der Waals surface area contributed by atoms with E-state index < -0.39 is 7.67 Å². The molecule has 0 saturated carbocycles. The zero-order valence-electron chi connectivity index (χ0n) is 8.16. The zero-order chi connectivity index (χ0) is 11.3. The smallest absolute Gasteiger partial charge is 0.304 e. The van der Waals surface area contributed by atoms with E-state index in [0.29, 0.717) is 31.4 Å². The van der Waals surface area contributed by atoms with Gasteiger partial charge >= 0.3 is 7.67 Å². The molecule has 1 aliphatic heterocycles. The van der Waals surface area contributed by atoms with E-state index in [0.717, 1.165) is 0 Å². The van der Waals surface area contributed by atoms with Gasteiger partial charge in [-0.2, -0.15) is 0 Å². The van der Waals surface area contributed by atoms with E-state index in [-0.39, 0.29) is 12.0 Å². The Balaban J connectivity index is 2.60. The number of halogens is 3. The van der Waals surface area contributed by atoms with Crippen LogP contribution in [0, 0.1) is 0 Å². The van der Waals surface area contributed by atoms with Crippen molar-refractivity contribution in [3.63, 3.8) is 0 Å². The van der Waals surface area contributed by atoms with Crippen molar-refractivity contribution in [2.24, 2.45) is 0 Å². The Hall–Kier alpha value is 0.980. The molecule has 0 spiro atoms. The highest BCUT2D eigenvalue weighted by atomic mass is 35.5. The summed E-state index contributed by atoms with van der Waals surface area (Å²) in [5, 5.41) is 2.69. The molecule has 0 radical (unpaired) electrons. The third-order valence-electron chi connectivity index (χ3n) is 2.00. The maximum Gasteiger partial charge on any atom is 0.343 e. The summed E-state index contributed by atoms with van der Waals surface area (Å²) in [5.41, 5.74) is 0. The van der Waals surface area contributed by atoms with Crippen molar-refractivity contribution < 1.29 is 9.09 Å². The molecule has 15 heavy (non-hydrogen) atoms.